The molecule has 2 aliphatic rings. The molecule has 0 saturated carbocycles. The third-order valence-corrected chi connectivity index (χ3v) is 5.51. The second-order valence-corrected chi connectivity index (χ2v) is 7.72. The van der Waals surface area contributed by atoms with Gasteiger partial charge >= 0.3 is 0 Å². The van der Waals surface area contributed by atoms with E-state index in [4.69, 9.17) is 4.74 Å². The molecule has 2 aliphatic heterocycles. The molecule has 6 heteroatoms. The van der Waals surface area contributed by atoms with Gasteiger partial charge in [0.15, 0.2) is 0 Å². The summed E-state index contributed by atoms with van der Waals surface area (Å²) in [6, 6.07) is 4.09. The molecule has 0 radical (unpaired) electrons. The third kappa shape index (κ3) is 5.42. The van der Waals surface area contributed by atoms with Crippen LogP contribution in [0, 0.1) is 11.8 Å². The van der Waals surface area contributed by atoms with Gasteiger partial charge in [-0.05, 0) is 56.3 Å². The molecule has 0 aliphatic carbocycles. The normalized spacial score (nSPS) is 24.9. The van der Waals surface area contributed by atoms with Crippen molar-refractivity contribution in [2.45, 2.75) is 45.8 Å². The molecule has 0 bridgehead atoms. The van der Waals surface area contributed by atoms with Crippen molar-refractivity contribution in [1.29, 1.82) is 0 Å². The molecule has 6 nitrogen and oxygen atoms in total. The van der Waals surface area contributed by atoms with Crippen LogP contribution in [0.1, 0.15) is 38.7 Å². The van der Waals surface area contributed by atoms with Gasteiger partial charge in [-0.3, -0.25) is 4.79 Å². The molecule has 1 amide bonds. The average Bonchev–Trinajstić information content (AvgIpc) is 2.67. The van der Waals surface area contributed by atoms with Gasteiger partial charge in [-0.2, -0.15) is 0 Å². The van der Waals surface area contributed by atoms with E-state index in [2.05, 4.69) is 40.4 Å². The van der Waals surface area contributed by atoms with E-state index in [0.717, 1.165) is 44.2 Å². The summed E-state index contributed by atoms with van der Waals surface area (Å²) in [6.07, 6.45) is 5.16. The van der Waals surface area contributed by atoms with Gasteiger partial charge in [-0.15, -0.1) is 0 Å². The molecular weight excluding hydrogens is 328 g/mol. The predicted octanol–water partition coefficient (Wildman–Crippen LogP) is 1.95. The van der Waals surface area contributed by atoms with Gasteiger partial charge < -0.3 is 20.3 Å². The van der Waals surface area contributed by atoms with Gasteiger partial charge in [0.2, 0.25) is 5.91 Å². The summed E-state index contributed by atoms with van der Waals surface area (Å²) in [4.78, 5) is 19.1. The van der Waals surface area contributed by atoms with E-state index < -0.39 is 0 Å². The number of morpholine rings is 1. The summed E-state index contributed by atoms with van der Waals surface area (Å²) in [5.41, 5.74) is 1.04. The Bertz CT molecular complexity index is 572. The fraction of sp³-hybridized carbons (Fsp3) is 0.700. The first kappa shape index (κ1) is 19.1. The molecular formula is C20H32N4O2. The van der Waals surface area contributed by atoms with Gasteiger partial charge in [0.25, 0.3) is 0 Å². The number of nitrogens with one attached hydrogen (secondary N) is 2. The number of rotatable bonds is 6. The highest BCUT2D eigenvalue weighted by Crippen LogP contribution is 2.22. The minimum Gasteiger partial charge on any atom is -0.375 e. The average molecular weight is 361 g/mol. The highest BCUT2D eigenvalue weighted by Gasteiger charge is 2.22. The Morgan fingerprint density at radius 1 is 1.50 bits per heavy atom. The Labute approximate surface area is 156 Å². The summed E-state index contributed by atoms with van der Waals surface area (Å²) < 4.78 is 5.57. The van der Waals surface area contributed by atoms with E-state index in [1.165, 1.54) is 12.8 Å². The van der Waals surface area contributed by atoms with Crippen LogP contribution in [0.3, 0.4) is 0 Å². The molecule has 26 heavy (non-hydrogen) atoms. The summed E-state index contributed by atoms with van der Waals surface area (Å²) >= 11 is 0. The molecule has 0 aromatic carbocycles. The lowest BCUT2D eigenvalue weighted by Crippen LogP contribution is -2.41. The van der Waals surface area contributed by atoms with Gasteiger partial charge in [0.1, 0.15) is 5.82 Å². The number of aromatic nitrogens is 1. The van der Waals surface area contributed by atoms with Crippen LogP contribution in [0.25, 0.3) is 0 Å². The van der Waals surface area contributed by atoms with Crippen molar-refractivity contribution in [2.75, 3.05) is 37.7 Å². The SMILES string of the molecule is CC1CN(c2ccc(CNC(=O)CC(C)C3CCCNC3)cn2)CCO1. The first-order chi connectivity index (χ1) is 12.6. The summed E-state index contributed by atoms with van der Waals surface area (Å²) in [5.74, 6) is 2.15. The molecule has 144 valence electrons. The lowest BCUT2D eigenvalue weighted by Gasteiger charge is -2.32. The number of nitrogens with zero attached hydrogens (tertiary/aromatic N) is 2. The summed E-state index contributed by atoms with van der Waals surface area (Å²) in [7, 11) is 0. The lowest BCUT2D eigenvalue weighted by atomic mass is 9.85. The van der Waals surface area contributed by atoms with Crippen LogP contribution in [0.2, 0.25) is 0 Å². The van der Waals surface area contributed by atoms with Gasteiger partial charge in [-0.25, -0.2) is 4.98 Å². The Kier molecular flexibility index (Phi) is 6.86. The van der Waals surface area contributed by atoms with E-state index in [1.807, 2.05) is 12.3 Å². The molecule has 3 unspecified atom stereocenters. The smallest absolute Gasteiger partial charge is 0.220 e. The molecule has 3 heterocycles. The zero-order valence-corrected chi connectivity index (χ0v) is 16.0. The molecule has 3 atom stereocenters. The zero-order chi connectivity index (χ0) is 18.4. The fourth-order valence-electron chi connectivity index (χ4n) is 3.83. The number of hydrogen-bond acceptors (Lipinski definition) is 5. The minimum atomic E-state index is 0.133. The Hall–Kier alpha value is -1.66. The number of amides is 1. The zero-order valence-electron chi connectivity index (χ0n) is 16.0. The molecule has 2 N–H and O–H groups in total. The monoisotopic (exact) mass is 360 g/mol. The molecule has 3 rings (SSSR count). The molecule has 1 aromatic heterocycles. The highest BCUT2D eigenvalue weighted by atomic mass is 16.5. The maximum Gasteiger partial charge on any atom is 0.220 e. The van der Waals surface area contributed by atoms with E-state index in [9.17, 15) is 4.79 Å². The van der Waals surface area contributed by atoms with Crippen LogP contribution < -0.4 is 15.5 Å². The quantitative estimate of drug-likeness (QED) is 0.812. The second-order valence-electron chi connectivity index (χ2n) is 7.72. The van der Waals surface area contributed by atoms with E-state index >= 15 is 0 Å². The topological polar surface area (TPSA) is 66.5 Å². The summed E-state index contributed by atoms with van der Waals surface area (Å²) in [6.45, 7) is 9.47. The largest absolute Gasteiger partial charge is 0.375 e. The maximum atomic E-state index is 12.2. The Balaban J connectivity index is 1.43. The van der Waals surface area contributed by atoms with Crippen LogP contribution in [0.4, 0.5) is 5.82 Å². The van der Waals surface area contributed by atoms with Gasteiger partial charge in [0.05, 0.1) is 12.7 Å². The number of carbonyl (C=O) groups is 1. The highest BCUT2D eigenvalue weighted by molar-refractivity contribution is 5.76. The van der Waals surface area contributed by atoms with Crippen molar-refractivity contribution >= 4 is 11.7 Å². The number of hydrogen-bond donors (Lipinski definition) is 2. The van der Waals surface area contributed by atoms with Gasteiger partial charge in [-0.1, -0.05) is 13.0 Å². The molecule has 0 spiro atoms. The predicted molar refractivity (Wildman–Crippen MR) is 103 cm³/mol. The molecule has 2 saturated heterocycles. The van der Waals surface area contributed by atoms with Crippen LogP contribution in [-0.2, 0) is 16.1 Å². The van der Waals surface area contributed by atoms with Crippen LogP contribution in [0.5, 0.6) is 0 Å². The van der Waals surface area contributed by atoms with Crippen molar-refractivity contribution in [3.8, 4) is 0 Å². The maximum absolute atomic E-state index is 12.2. The van der Waals surface area contributed by atoms with Crippen molar-refractivity contribution in [1.82, 2.24) is 15.6 Å². The summed E-state index contributed by atoms with van der Waals surface area (Å²) in [5, 5.41) is 6.47. The van der Waals surface area contributed by atoms with Crippen LogP contribution in [0.15, 0.2) is 18.3 Å². The first-order valence-electron chi connectivity index (χ1n) is 9.90. The van der Waals surface area contributed by atoms with Crippen molar-refractivity contribution < 1.29 is 9.53 Å². The van der Waals surface area contributed by atoms with Crippen molar-refractivity contribution in [3.63, 3.8) is 0 Å². The fourth-order valence-corrected chi connectivity index (χ4v) is 3.83. The van der Waals surface area contributed by atoms with Crippen molar-refractivity contribution in [2.24, 2.45) is 11.8 Å². The Morgan fingerprint density at radius 2 is 2.38 bits per heavy atom. The molecule has 1 aromatic rings. The van der Waals surface area contributed by atoms with E-state index in [-0.39, 0.29) is 12.0 Å². The molecule has 2 fully saturated rings. The second kappa shape index (κ2) is 9.33. The number of pyridine rings is 1. The minimum absolute atomic E-state index is 0.133. The lowest BCUT2D eigenvalue weighted by molar-refractivity contribution is -0.122. The number of anilines is 1. The van der Waals surface area contributed by atoms with Crippen molar-refractivity contribution in [3.05, 3.63) is 23.9 Å². The third-order valence-electron chi connectivity index (χ3n) is 5.51. The van der Waals surface area contributed by atoms with Crippen LogP contribution in [-0.4, -0.2) is 49.8 Å². The number of carbonyl (C=O) groups excluding carboxylic acids is 1. The standard InChI is InChI=1S/C20H32N4O2/c1-15(18-4-3-7-21-13-18)10-20(25)23-12-17-5-6-19(22-11-17)24-8-9-26-16(2)14-24/h5-6,11,15-16,18,21H,3-4,7-10,12-14H2,1-2H3,(H,23,25). The van der Waals surface area contributed by atoms with Gasteiger partial charge in [0, 0.05) is 32.3 Å². The number of piperidine rings is 1. The Morgan fingerprint density at radius 3 is 3.08 bits per heavy atom. The van der Waals surface area contributed by atoms with E-state index in [1.54, 1.807) is 0 Å². The van der Waals surface area contributed by atoms with E-state index in [0.29, 0.717) is 24.8 Å². The number of ether oxygens (including phenoxy) is 1. The van der Waals surface area contributed by atoms with Crippen LogP contribution >= 0.6 is 0 Å². The first-order valence-corrected chi connectivity index (χ1v) is 9.90.